The van der Waals surface area contributed by atoms with Gasteiger partial charge in [0.05, 0.1) is 11.6 Å². The van der Waals surface area contributed by atoms with Crippen LogP contribution in [-0.4, -0.2) is 23.7 Å². The molecule has 7 nitrogen and oxygen atoms in total. The van der Waals surface area contributed by atoms with Crippen molar-refractivity contribution in [1.29, 1.82) is 0 Å². The molecule has 8 heteroatoms. The number of aryl methyl sites for hydroxylation is 1. The maximum atomic E-state index is 11.8. The number of aromatic nitrogens is 1. The fraction of sp³-hybridized carbons (Fsp3) is 0.214. The first kappa shape index (κ1) is 15.9. The molecule has 1 aromatic carbocycles. The quantitative estimate of drug-likeness (QED) is 0.286. The number of ether oxygens (including phenoxy) is 2. The molecule has 0 aliphatic carbocycles. The Labute approximate surface area is 131 Å². The summed E-state index contributed by atoms with van der Waals surface area (Å²) in [6.45, 7) is 2.03. The molecule has 0 fully saturated rings. The zero-order valence-corrected chi connectivity index (χ0v) is 12.7. The molecule has 116 valence electrons. The van der Waals surface area contributed by atoms with Gasteiger partial charge in [0.25, 0.3) is 0 Å². The van der Waals surface area contributed by atoms with E-state index >= 15 is 0 Å². The van der Waals surface area contributed by atoms with Gasteiger partial charge in [-0.3, -0.25) is 5.43 Å². The Morgan fingerprint density at radius 1 is 1.32 bits per heavy atom. The van der Waals surface area contributed by atoms with Gasteiger partial charge in [0.2, 0.25) is 0 Å². The molecular formula is C14H15N3O4S. The van der Waals surface area contributed by atoms with E-state index in [1.165, 1.54) is 11.3 Å². The van der Waals surface area contributed by atoms with Gasteiger partial charge in [0.1, 0.15) is 5.75 Å². The van der Waals surface area contributed by atoms with Crippen molar-refractivity contribution < 1.29 is 19.1 Å². The molecule has 0 bridgehead atoms. The molecule has 0 unspecified atom stereocenters. The summed E-state index contributed by atoms with van der Waals surface area (Å²) in [5.74, 6) is 4.83. The van der Waals surface area contributed by atoms with Crippen LogP contribution in [0.4, 0.5) is 4.79 Å². The molecule has 0 saturated heterocycles. The fourth-order valence-corrected chi connectivity index (χ4v) is 2.23. The molecule has 0 radical (unpaired) electrons. The van der Waals surface area contributed by atoms with Gasteiger partial charge in [0, 0.05) is 11.8 Å². The van der Waals surface area contributed by atoms with E-state index < -0.39 is 12.1 Å². The maximum absolute atomic E-state index is 11.8. The second kappa shape index (κ2) is 7.53. The number of thiazole rings is 1. The lowest BCUT2D eigenvalue weighted by Gasteiger charge is -2.05. The number of nitrogens with one attached hydrogen (secondary N) is 1. The highest BCUT2D eigenvalue weighted by molar-refractivity contribution is 7.09. The number of carbonyl (C=O) groups excluding carboxylic acids is 2. The summed E-state index contributed by atoms with van der Waals surface area (Å²) in [5.41, 5.74) is 3.11. The molecule has 0 aliphatic heterocycles. The third-order valence-corrected chi connectivity index (χ3v) is 3.48. The standard InChI is InChI=1S/C14H15N3O4S/c1-9-16-12(8-22-9)13(18)21-11-4-2-10(3-5-11)6-7-20-14(19)17-15/h2-5,8H,6-7,15H2,1H3,(H,17,19). The van der Waals surface area contributed by atoms with Crippen LogP contribution in [0.5, 0.6) is 5.75 Å². The Kier molecular flexibility index (Phi) is 5.45. The van der Waals surface area contributed by atoms with Gasteiger partial charge in [-0.15, -0.1) is 11.3 Å². The minimum atomic E-state index is -0.677. The zero-order chi connectivity index (χ0) is 15.9. The van der Waals surface area contributed by atoms with Gasteiger partial charge in [0.15, 0.2) is 5.69 Å². The number of hydrazine groups is 1. The predicted molar refractivity (Wildman–Crippen MR) is 80.6 cm³/mol. The first-order valence-corrected chi connectivity index (χ1v) is 7.33. The molecule has 1 heterocycles. The summed E-state index contributed by atoms with van der Waals surface area (Å²) in [6, 6.07) is 6.93. The van der Waals surface area contributed by atoms with E-state index in [1.807, 2.05) is 12.3 Å². The van der Waals surface area contributed by atoms with Crippen LogP contribution in [0.2, 0.25) is 0 Å². The molecule has 0 saturated carbocycles. The zero-order valence-electron chi connectivity index (χ0n) is 11.9. The summed E-state index contributed by atoms with van der Waals surface area (Å²) >= 11 is 1.39. The van der Waals surface area contributed by atoms with Crippen molar-refractivity contribution >= 4 is 23.4 Å². The molecule has 3 N–H and O–H groups in total. The first-order chi connectivity index (χ1) is 10.6. The number of hydrogen-bond donors (Lipinski definition) is 2. The first-order valence-electron chi connectivity index (χ1n) is 6.45. The second-order valence-electron chi connectivity index (χ2n) is 4.32. The van der Waals surface area contributed by atoms with Crippen molar-refractivity contribution in [3.8, 4) is 5.75 Å². The van der Waals surface area contributed by atoms with E-state index in [1.54, 1.807) is 29.6 Å². The van der Waals surface area contributed by atoms with Crippen LogP contribution in [-0.2, 0) is 11.2 Å². The molecule has 1 aromatic heterocycles. The molecule has 2 rings (SSSR count). The number of amides is 1. The van der Waals surface area contributed by atoms with Crippen LogP contribution in [0.3, 0.4) is 0 Å². The second-order valence-corrected chi connectivity index (χ2v) is 5.38. The third-order valence-electron chi connectivity index (χ3n) is 2.70. The van der Waals surface area contributed by atoms with Gasteiger partial charge in [-0.2, -0.15) is 0 Å². The summed E-state index contributed by atoms with van der Waals surface area (Å²) in [4.78, 5) is 26.7. The Morgan fingerprint density at radius 2 is 2.05 bits per heavy atom. The number of rotatable bonds is 5. The van der Waals surface area contributed by atoms with Crippen molar-refractivity contribution in [1.82, 2.24) is 10.4 Å². The number of carbonyl (C=O) groups is 2. The van der Waals surface area contributed by atoms with E-state index in [0.717, 1.165) is 10.6 Å². The summed E-state index contributed by atoms with van der Waals surface area (Å²) < 4.78 is 10.0. The Balaban J connectivity index is 1.86. The van der Waals surface area contributed by atoms with Crippen LogP contribution in [0.15, 0.2) is 29.6 Å². The SMILES string of the molecule is Cc1nc(C(=O)Oc2ccc(CCOC(=O)NN)cc2)cs1. The summed E-state index contributed by atoms with van der Waals surface area (Å²) in [7, 11) is 0. The molecule has 22 heavy (non-hydrogen) atoms. The van der Waals surface area contributed by atoms with Gasteiger partial charge in [-0.1, -0.05) is 12.1 Å². The minimum absolute atomic E-state index is 0.209. The van der Waals surface area contributed by atoms with Crippen molar-refractivity contribution in [3.05, 3.63) is 45.9 Å². The van der Waals surface area contributed by atoms with Gasteiger partial charge < -0.3 is 9.47 Å². The number of hydrogen-bond acceptors (Lipinski definition) is 7. The molecule has 0 atom stereocenters. The van der Waals surface area contributed by atoms with Gasteiger partial charge in [-0.25, -0.2) is 20.4 Å². The summed E-state index contributed by atoms with van der Waals surface area (Å²) in [5, 5.41) is 2.47. The smallest absolute Gasteiger partial charge is 0.421 e. The molecule has 1 amide bonds. The Hall–Kier alpha value is -2.45. The average molecular weight is 321 g/mol. The van der Waals surface area contributed by atoms with Crippen LogP contribution < -0.4 is 16.0 Å². The third kappa shape index (κ3) is 4.54. The lowest BCUT2D eigenvalue weighted by atomic mass is 10.1. The molecule has 2 aromatic rings. The number of nitrogens with two attached hydrogens (primary N) is 1. The van der Waals surface area contributed by atoms with Crippen LogP contribution in [0.1, 0.15) is 21.1 Å². The van der Waals surface area contributed by atoms with E-state index in [-0.39, 0.29) is 6.61 Å². The normalized spacial score (nSPS) is 10.1. The average Bonchev–Trinajstić information content (AvgIpc) is 2.95. The van der Waals surface area contributed by atoms with Gasteiger partial charge >= 0.3 is 12.1 Å². The number of esters is 1. The highest BCUT2D eigenvalue weighted by Gasteiger charge is 2.11. The topological polar surface area (TPSA) is 104 Å². The molecular weight excluding hydrogens is 306 g/mol. The Bertz CT molecular complexity index is 654. The summed E-state index contributed by atoms with van der Waals surface area (Å²) in [6.07, 6.45) is -0.142. The van der Waals surface area contributed by atoms with E-state index in [9.17, 15) is 9.59 Å². The van der Waals surface area contributed by atoms with E-state index in [2.05, 4.69) is 4.98 Å². The fourth-order valence-electron chi connectivity index (χ4n) is 1.64. The van der Waals surface area contributed by atoms with Crippen LogP contribution in [0.25, 0.3) is 0 Å². The monoisotopic (exact) mass is 321 g/mol. The largest absolute Gasteiger partial charge is 0.448 e. The van der Waals surface area contributed by atoms with E-state index in [4.69, 9.17) is 15.3 Å². The highest BCUT2D eigenvalue weighted by Crippen LogP contribution is 2.16. The predicted octanol–water partition coefficient (Wildman–Crippen LogP) is 1.81. The van der Waals surface area contributed by atoms with Crippen molar-refractivity contribution in [3.63, 3.8) is 0 Å². The molecule has 0 aliphatic rings. The van der Waals surface area contributed by atoms with Crippen molar-refractivity contribution in [2.45, 2.75) is 13.3 Å². The van der Waals surface area contributed by atoms with Crippen LogP contribution >= 0.6 is 11.3 Å². The van der Waals surface area contributed by atoms with E-state index in [0.29, 0.717) is 17.9 Å². The van der Waals surface area contributed by atoms with Crippen LogP contribution in [0, 0.1) is 6.92 Å². The van der Waals surface area contributed by atoms with Crippen molar-refractivity contribution in [2.75, 3.05) is 6.61 Å². The number of benzene rings is 1. The lowest BCUT2D eigenvalue weighted by Crippen LogP contribution is -2.31. The maximum Gasteiger partial charge on any atom is 0.421 e. The Morgan fingerprint density at radius 3 is 2.64 bits per heavy atom. The molecule has 0 spiro atoms. The van der Waals surface area contributed by atoms with Crippen molar-refractivity contribution in [2.24, 2.45) is 5.84 Å². The van der Waals surface area contributed by atoms with Gasteiger partial charge in [-0.05, 0) is 24.6 Å². The highest BCUT2D eigenvalue weighted by atomic mass is 32.1. The minimum Gasteiger partial charge on any atom is -0.448 e. The lowest BCUT2D eigenvalue weighted by molar-refractivity contribution is 0.0729. The number of nitrogens with zero attached hydrogens (tertiary/aromatic N) is 1.